The molecule has 0 bridgehead atoms. The predicted molar refractivity (Wildman–Crippen MR) is 59.0 cm³/mol. The van der Waals surface area contributed by atoms with Gasteiger partial charge in [-0.25, -0.2) is 0 Å². The third kappa shape index (κ3) is 11.9. The summed E-state index contributed by atoms with van der Waals surface area (Å²) >= 11 is 0. The van der Waals surface area contributed by atoms with Crippen molar-refractivity contribution < 1.29 is 9.31 Å². The number of rotatable bonds is 11. The Labute approximate surface area is 87.7 Å². The molecule has 5 nitrogen and oxygen atoms in total. The molecule has 0 aromatic heterocycles. The molecule has 0 atom stereocenters. The van der Waals surface area contributed by atoms with E-state index in [2.05, 4.69) is 10.5 Å². The Hall–Kier alpha value is -0.0701. The van der Waals surface area contributed by atoms with Gasteiger partial charge in [-0.05, 0) is 19.5 Å². The molecular formula is C7H19B2N3O2. The molecule has 0 saturated heterocycles. The van der Waals surface area contributed by atoms with E-state index in [1.165, 1.54) is 0 Å². The number of nitrogens with one attached hydrogen (secondary N) is 2. The van der Waals surface area contributed by atoms with Gasteiger partial charge in [-0.2, -0.15) is 0 Å². The van der Waals surface area contributed by atoms with E-state index in [9.17, 15) is 0 Å². The second kappa shape index (κ2) is 12.9. The lowest BCUT2D eigenvalue weighted by atomic mass is 9.93. The Morgan fingerprint density at radius 1 is 1.29 bits per heavy atom. The monoisotopic (exact) mass is 199 g/mol. The molecule has 0 rings (SSSR count). The van der Waals surface area contributed by atoms with Gasteiger partial charge in [0.2, 0.25) is 0 Å². The van der Waals surface area contributed by atoms with E-state index in [1.54, 1.807) is 22.2 Å². The van der Waals surface area contributed by atoms with Gasteiger partial charge in [0.05, 0.1) is 6.73 Å². The van der Waals surface area contributed by atoms with Crippen LogP contribution in [0, 0.1) is 0 Å². The Kier molecular flexibility index (Phi) is 12.9. The van der Waals surface area contributed by atoms with Crippen LogP contribution in [0.15, 0.2) is 0 Å². The topological polar surface area (TPSA) is 68.5 Å². The highest BCUT2D eigenvalue weighted by Gasteiger charge is 1.92. The van der Waals surface area contributed by atoms with Crippen molar-refractivity contribution in [3.8, 4) is 0 Å². The largest absolute Gasteiger partial charge is 0.429 e. The summed E-state index contributed by atoms with van der Waals surface area (Å²) in [5.74, 6) is 0. The van der Waals surface area contributed by atoms with Gasteiger partial charge in [-0.15, -0.1) is 0 Å². The highest BCUT2D eigenvalue weighted by atomic mass is 16.4. The Balaban J connectivity index is 2.78. The van der Waals surface area contributed by atoms with Gasteiger partial charge in [0.15, 0.2) is 0 Å². The first kappa shape index (κ1) is 13.9. The number of nitrogens with two attached hydrogens (primary N) is 1. The van der Waals surface area contributed by atoms with Crippen molar-refractivity contribution in [2.75, 3.05) is 33.5 Å². The molecule has 14 heavy (non-hydrogen) atoms. The lowest BCUT2D eigenvalue weighted by Gasteiger charge is -2.04. The van der Waals surface area contributed by atoms with Crippen LogP contribution >= 0.6 is 0 Å². The highest BCUT2D eigenvalue weighted by molar-refractivity contribution is 6.26. The van der Waals surface area contributed by atoms with Crippen LogP contribution in [0.25, 0.3) is 0 Å². The van der Waals surface area contributed by atoms with Crippen molar-refractivity contribution in [3.63, 3.8) is 0 Å². The van der Waals surface area contributed by atoms with E-state index in [4.69, 9.17) is 15.0 Å². The molecule has 0 aromatic rings. The van der Waals surface area contributed by atoms with Gasteiger partial charge < -0.3 is 25.6 Å². The van der Waals surface area contributed by atoms with Gasteiger partial charge in [-0.3, -0.25) is 0 Å². The lowest BCUT2D eigenvalue weighted by molar-refractivity contribution is 0.347. The van der Waals surface area contributed by atoms with Crippen LogP contribution in [0.5, 0.6) is 0 Å². The minimum Gasteiger partial charge on any atom is -0.429 e. The zero-order valence-electron chi connectivity index (χ0n) is 8.79. The zero-order chi connectivity index (χ0) is 10.5. The van der Waals surface area contributed by atoms with Gasteiger partial charge >= 0.3 is 7.62 Å². The van der Waals surface area contributed by atoms with Crippen LogP contribution < -0.4 is 16.3 Å². The second-order valence-corrected chi connectivity index (χ2v) is 2.70. The summed E-state index contributed by atoms with van der Waals surface area (Å²) in [5.41, 5.74) is 5.14. The molecule has 0 aliphatic carbocycles. The first-order valence-electron chi connectivity index (χ1n) is 4.83. The molecule has 0 fully saturated rings. The van der Waals surface area contributed by atoms with Gasteiger partial charge in [0.1, 0.15) is 0 Å². The van der Waals surface area contributed by atoms with Crippen LogP contribution in [0.4, 0.5) is 0 Å². The molecule has 2 radical (unpaired) electrons. The minimum atomic E-state index is 0.268. The zero-order valence-corrected chi connectivity index (χ0v) is 8.79. The highest BCUT2D eigenvalue weighted by Crippen LogP contribution is 1.85. The fourth-order valence-corrected chi connectivity index (χ4v) is 0.890. The minimum absolute atomic E-state index is 0.268. The fourth-order valence-electron chi connectivity index (χ4n) is 0.890. The van der Waals surface area contributed by atoms with E-state index >= 15 is 0 Å². The van der Waals surface area contributed by atoms with Crippen LogP contribution in [0.2, 0.25) is 6.32 Å². The molecule has 0 amide bonds. The number of hydrogen-bond donors (Lipinski definition) is 3. The summed E-state index contributed by atoms with van der Waals surface area (Å²) < 4.78 is 9.60. The van der Waals surface area contributed by atoms with E-state index in [0.717, 1.165) is 32.4 Å². The Morgan fingerprint density at radius 3 is 2.86 bits per heavy atom. The van der Waals surface area contributed by atoms with Gasteiger partial charge in [0, 0.05) is 13.7 Å². The Bertz CT molecular complexity index is 98.9. The van der Waals surface area contributed by atoms with Gasteiger partial charge in [0.25, 0.3) is 7.48 Å². The molecule has 80 valence electrons. The average Bonchev–Trinajstić information content (AvgIpc) is 2.21. The summed E-state index contributed by atoms with van der Waals surface area (Å²) in [5, 5.41) is 6.26. The summed E-state index contributed by atoms with van der Waals surface area (Å²) in [6, 6.07) is 0. The summed E-state index contributed by atoms with van der Waals surface area (Å²) in [6.07, 6.45) is 2.00. The summed E-state index contributed by atoms with van der Waals surface area (Å²) in [4.78, 5) is 0. The van der Waals surface area contributed by atoms with Crippen LogP contribution in [-0.2, 0) is 9.31 Å². The molecule has 0 heterocycles. The van der Waals surface area contributed by atoms with Crippen molar-refractivity contribution >= 4 is 15.1 Å². The van der Waals surface area contributed by atoms with Crippen molar-refractivity contribution in [1.29, 1.82) is 0 Å². The maximum Gasteiger partial charge on any atom is 0.395 e. The third-order valence-corrected chi connectivity index (χ3v) is 1.54. The standard InChI is InChI=1S/C7H19B2N3O2/c1-13-9-12-6-5-11-4-2-3-8-14-7-10/h11-12H,2-7,10H2,1H3. The normalized spacial score (nSPS) is 10.1. The molecule has 7 heteroatoms. The second-order valence-electron chi connectivity index (χ2n) is 2.70. The maximum absolute atomic E-state index is 5.14. The first-order chi connectivity index (χ1) is 6.91. The third-order valence-electron chi connectivity index (χ3n) is 1.54. The molecule has 0 spiro atoms. The van der Waals surface area contributed by atoms with E-state index in [1.807, 2.05) is 0 Å². The number of hydrogen-bond acceptors (Lipinski definition) is 5. The SMILES string of the molecule is CO[B]NCCNCCC[B]OCN. The molecule has 4 N–H and O–H groups in total. The molecule has 0 saturated carbocycles. The fraction of sp³-hybridized carbons (Fsp3) is 1.00. The summed E-state index contributed by atoms with van der Waals surface area (Å²) in [6.45, 7) is 3.05. The molecule has 0 aromatic carbocycles. The Morgan fingerprint density at radius 2 is 2.14 bits per heavy atom. The van der Waals surface area contributed by atoms with Crippen molar-refractivity contribution in [2.45, 2.75) is 12.7 Å². The van der Waals surface area contributed by atoms with E-state index in [0.29, 0.717) is 0 Å². The molecule has 0 aliphatic heterocycles. The lowest BCUT2D eigenvalue weighted by Crippen LogP contribution is -2.31. The average molecular weight is 199 g/mol. The first-order valence-corrected chi connectivity index (χ1v) is 4.83. The van der Waals surface area contributed by atoms with Crippen molar-refractivity contribution in [3.05, 3.63) is 0 Å². The quantitative estimate of drug-likeness (QED) is 0.219. The summed E-state index contributed by atoms with van der Waals surface area (Å²) in [7, 11) is 4.94. The van der Waals surface area contributed by atoms with Gasteiger partial charge in [-0.1, -0.05) is 6.32 Å². The van der Waals surface area contributed by atoms with Crippen LogP contribution in [0.3, 0.4) is 0 Å². The molecule has 0 unspecified atom stereocenters. The van der Waals surface area contributed by atoms with E-state index in [-0.39, 0.29) is 6.73 Å². The van der Waals surface area contributed by atoms with E-state index < -0.39 is 0 Å². The molecule has 0 aliphatic rings. The predicted octanol–water partition coefficient (Wildman–Crippen LogP) is -1.29. The van der Waals surface area contributed by atoms with Crippen molar-refractivity contribution in [2.24, 2.45) is 5.73 Å². The molecular weight excluding hydrogens is 180 g/mol. The maximum atomic E-state index is 5.14. The smallest absolute Gasteiger partial charge is 0.395 e. The van der Waals surface area contributed by atoms with Crippen LogP contribution in [-0.4, -0.2) is 48.6 Å². The van der Waals surface area contributed by atoms with Crippen molar-refractivity contribution in [1.82, 2.24) is 10.5 Å². The van der Waals surface area contributed by atoms with Crippen LogP contribution in [0.1, 0.15) is 6.42 Å².